The average Bonchev–Trinajstić information content (AvgIpc) is 2.79. The lowest BCUT2D eigenvalue weighted by Crippen LogP contribution is -2.04. The third-order valence-electron chi connectivity index (χ3n) is 2.79. The second-order valence-electron chi connectivity index (χ2n) is 4.34. The van der Waals surface area contributed by atoms with Crippen LogP contribution in [0.4, 0.5) is 0 Å². The number of rotatable bonds is 10. The Morgan fingerprint density at radius 3 is 2.84 bits per heavy atom. The van der Waals surface area contributed by atoms with Gasteiger partial charge in [-0.25, -0.2) is 4.98 Å². The van der Waals surface area contributed by atoms with Crippen molar-refractivity contribution >= 4 is 17.3 Å². The number of thiazole rings is 1. The molecule has 0 aromatic carbocycles. The van der Waals surface area contributed by atoms with E-state index >= 15 is 0 Å². The van der Waals surface area contributed by atoms with Gasteiger partial charge in [0.25, 0.3) is 0 Å². The van der Waals surface area contributed by atoms with Crippen molar-refractivity contribution in [2.45, 2.75) is 46.0 Å². The van der Waals surface area contributed by atoms with Gasteiger partial charge in [0.15, 0.2) is 0 Å². The van der Waals surface area contributed by atoms with E-state index in [2.05, 4.69) is 4.98 Å². The van der Waals surface area contributed by atoms with Gasteiger partial charge in [-0.3, -0.25) is 4.79 Å². The fourth-order valence-corrected chi connectivity index (χ4v) is 2.48. The highest BCUT2D eigenvalue weighted by molar-refractivity contribution is 7.09. The summed E-state index contributed by atoms with van der Waals surface area (Å²) in [6.45, 7) is 5.85. The summed E-state index contributed by atoms with van der Waals surface area (Å²) in [5.41, 5.74) is 2.99. The van der Waals surface area contributed by atoms with Gasteiger partial charge in [-0.05, 0) is 26.7 Å². The van der Waals surface area contributed by atoms with Gasteiger partial charge in [-0.2, -0.15) is 0 Å². The quantitative estimate of drug-likeness (QED) is 0.489. The van der Waals surface area contributed by atoms with E-state index in [0.29, 0.717) is 13.0 Å². The van der Waals surface area contributed by atoms with Gasteiger partial charge < -0.3 is 9.47 Å². The number of carbonyl (C=O) groups is 1. The molecule has 0 aliphatic heterocycles. The Bertz CT molecular complexity index is 365. The second-order valence-corrected chi connectivity index (χ2v) is 5.28. The third kappa shape index (κ3) is 7.28. The molecule has 19 heavy (non-hydrogen) atoms. The Balaban J connectivity index is 1.89. The SMILES string of the molecule is CCOC(=O)CCCCCOCCc1scnc1C. The largest absolute Gasteiger partial charge is 0.466 e. The number of hydrogen-bond acceptors (Lipinski definition) is 5. The number of nitrogens with zero attached hydrogens (tertiary/aromatic N) is 1. The van der Waals surface area contributed by atoms with Crippen LogP contribution in [0.3, 0.4) is 0 Å². The van der Waals surface area contributed by atoms with Gasteiger partial charge in [0.2, 0.25) is 0 Å². The number of unbranched alkanes of at least 4 members (excludes halogenated alkanes) is 2. The van der Waals surface area contributed by atoms with Crippen LogP contribution >= 0.6 is 11.3 Å². The molecule has 5 heteroatoms. The molecule has 108 valence electrons. The van der Waals surface area contributed by atoms with Crippen molar-refractivity contribution < 1.29 is 14.3 Å². The number of carbonyl (C=O) groups excluding carboxylic acids is 1. The molecule has 0 N–H and O–H groups in total. The molecule has 0 spiro atoms. The van der Waals surface area contributed by atoms with Crippen LogP contribution in [0, 0.1) is 6.92 Å². The molecule has 1 aromatic heterocycles. The van der Waals surface area contributed by atoms with Crippen LogP contribution in [-0.2, 0) is 20.7 Å². The standard InChI is InChI=1S/C14H23NO3S/c1-3-18-14(16)7-5-4-6-9-17-10-8-13-12(2)15-11-19-13/h11H,3-10H2,1-2H3. The lowest BCUT2D eigenvalue weighted by molar-refractivity contribution is -0.143. The summed E-state index contributed by atoms with van der Waals surface area (Å²) in [7, 11) is 0. The lowest BCUT2D eigenvalue weighted by Gasteiger charge is -2.04. The van der Waals surface area contributed by atoms with E-state index in [1.165, 1.54) is 4.88 Å². The predicted molar refractivity (Wildman–Crippen MR) is 76.5 cm³/mol. The maximum Gasteiger partial charge on any atom is 0.305 e. The van der Waals surface area contributed by atoms with Crippen molar-refractivity contribution in [2.75, 3.05) is 19.8 Å². The van der Waals surface area contributed by atoms with Crippen LogP contribution in [0.2, 0.25) is 0 Å². The normalized spacial score (nSPS) is 10.6. The van der Waals surface area contributed by atoms with E-state index in [1.54, 1.807) is 11.3 Å². The van der Waals surface area contributed by atoms with Gasteiger partial charge >= 0.3 is 5.97 Å². The number of ether oxygens (including phenoxy) is 2. The Morgan fingerprint density at radius 1 is 1.32 bits per heavy atom. The first-order chi connectivity index (χ1) is 9.24. The van der Waals surface area contributed by atoms with E-state index in [4.69, 9.17) is 9.47 Å². The van der Waals surface area contributed by atoms with Crippen LogP contribution in [0.1, 0.15) is 43.2 Å². The van der Waals surface area contributed by atoms with Gasteiger partial charge in [0.1, 0.15) is 0 Å². The molecule has 1 rings (SSSR count). The van der Waals surface area contributed by atoms with Crippen LogP contribution in [-0.4, -0.2) is 30.8 Å². The third-order valence-corrected chi connectivity index (χ3v) is 3.79. The molecule has 0 radical (unpaired) electrons. The number of aryl methyl sites for hydroxylation is 1. The van der Waals surface area contributed by atoms with Crippen molar-refractivity contribution in [3.8, 4) is 0 Å². The molecule has 0 atom stereocenters. The number of aromatic nitrogens is 1. The van der Waals surface area contributed by atoms with E-state index in [0.717, 1.165) is 44.6 Å². The van der Waals surface area contributed by atoms with E-state index in [-0.39, 0.29) is 5.97 Å². The topological polar surface area (TPSA) is 48.4 Å². The molecule has 0 fully saturated rings. The van der Waals surface area contributed by atoms with E-state index in [1.807, 2.05) is 19.4 Å². The minimum atomic E-state index is -0.0934. The fourth-order valence-electron chi connectivity index (χ4n) is 1.72. The van der Waals surface area contributed by atoms with Crippen molar-refractivity contribution in [2.24, 2.45) is 0 Å². The summed E-state index contributed by atoms with van der Waals surface area (Å²) in [4.78, 5) is 16.6. The molecule has 1 heterocycles. The van der Waals surface area contributed by atoms with Crippen LogP contribution in [0.15, 0.2) is 5.51 Å². The minimum absolute atomic E-state index is 0.0934. The summed E-state index contributed by atoms with van der Waals surface area (Å²) < 4.78 is 10.4. The molecule has 0 saturated heterocycles. The molecule has 1 aromatic rings. The first-order valence-corrected chi connectivity index (χ1v) is 7.74. The zero-order chi connectivity index (χ0) is 13.9. The first-order valence-electron chi connectivity index (χ1n) is 6.86. The zero-order valence-electron chi connectivity index (χ0n) is 11.8. The van der Waals surface area contributed by atoms with Crippen molar-refractivity contribution in [1.82, 2.24) is 4.98 Å². The smallest absolute Gasteiger partial charge is 0.305 e. The van der Waals surface area contributed by atoms with E-state index in [9.17, 15) is 4.79 Å². The highest BCUT2D eigenvalue weighted by Gasteiger charge is 2.02. The molecular formula is C14H23NO3S. The highest BCUT2D eigenvalue weighted by atomic mass is 32.1. The fraction of sp³-hybridized carbons (Fsp3) is 0.714. The summed E-state index contributed by atoms with van der Waals surface area (Å²) in [5, 5.41) is 0. The molecule has 0 amide bonds. The molecule has 0 aliphatic carbocycles. The van der Waals surface area contributed by atoms with Gasteiger partial charge in [0, 0.05) is 24.3 Å². The Hall–Kier alpha value is -0.940. The minimum Gasteiger partial charge on any atom is -0.466 e. The second kappa shape index (κ2) is 9.92. The van der Waals surface area contributed by atoms with Gasteiger partial charge in [0.05, 0.1) is 24.4 Å². The number of esters is 1. The Morgan fingerprint density at radius 2 is 2.16 bits per heavy atom. The molecular weight excluding hydrogens is 262 g/mol. The van der Waals surface area contributed by atoms with Crippen molar-refractivity contribution in [3.63, 3.8) is 0 Å². The Labute approximate surface area is 119 Å². The van der Waals surface area contributed by atoms with Crippen LogP contribution in [0.25, 0.3) is 0 Å². The highest BCUT2D eigenvalue weighted by Crippen LogP contribution is 2.12. The zero-order valence-corrected chi connectivity index (χ0v) is 12.6. The van der Waals surface area contributed by atoms with Crippen molar-refractivity contribution in [1.29, 1.82) is 0 Å². The summed E-state index contributed by atoms with van der Waals surface area (Å²) in [6.07, 6.45) is 4.36. The maximum atomic E-state index is 11.1. The molecule has 4 nitrogen and oxygen atoms in total. The molecule has 0 bridgehead atoms. The Kier molecular flexibility index (Phi) is 8.41. The average molecular weight is 285 g/mol. The molecule has 0 saturated carbocycles. The summed E-state index contributed by atoms with van der Waals surface area (Å²) in [6, 6.07) is 0. The monoisotopic (exact) mass is 285 g/mol. The van der Waals surface area contributed by atoms with Crippen LogP contribution < -0.4 is 0 Å². The van der Waals surface area contributed by atoms with Crippen LogP contribution in [0.5, 0.6) is 0 Å². The summed E-state index contributed by atoms with van der Waals surface area (Å²) >= 11 is 1.69. The molecule has 0 unspecified atom stereocenters. The van der Waals surface area contributed by atoms with Gasteiger partial charge in [-0.15, -0.1) is 11.3 Å². The predicted octanol–water partition coefficient (Wildman–Crippen LogP) is 3.13. The van der Waals surface area contributed by atoms with Gasteiger partial charge in [-0.1, -0.05) is 6.42 Å². The molecule has 0 aliphatic rings. The summed E-state index contributed by atoms with van der Waals surface area (Å²) in [5.74, 6) is -0.0934. The first kappa shape index (κ1) is 16.1. The van der Waals surface area contributed by atoms with E-state index < -0.39 is 0 Å². The maximum absolute atomic E-state index is 11.1. The van der Waals surface area contributed by atoms with Crippen molar-refractivity contribution in [3.05, 3.63) is 16.1 Å². The number of hydrogen-bond donors (Lipinski definition) is 0. The lowest BCUT2D eigenvalue weighted by atomic mass is 10.2.